The molecule has 1 aromatic heterocycles. The van der Waals surface area contributed by atoms with Crippen molar-refractivity contribution < 1.29 is 13.6 Å². The molecule has 1 amide bonds. The summed E-state index contributed by atoms with van der Waals surface area (Å²) < 4.78 is 28.2. The molecule has 0 saturated heterocycles. The largest absolute Gasteiger partial charge is 0.399 e. The van der Waals surface area contributed by atoms with Crippen molar-refractivity contribution in [3.63, 3.8) is 0 Å². The van der Waals surface area contributed by atoms with E-state index in [1.165, 1.54) is 19.3 Å². The van der Waals surface area contributed by atoms with Gasteiger partial charge in [0.1, 0.15) is 5.69 Å². The first-order valence-electron chi connectivity index (χ1n) is 5.05. The Morgan fingerprint density at radius 2 is 2.00 bits per heavy atom. The Labute approximate surface area is 101 Å². The third-order valence-corrected chi connectivity index (χ3v) is 2.32. The van der Waals surface area contributed by atoms with Crippen molar-refractivity contribution in [3.05, 3.63) is 41.7 Å². The average molecular weight is 252 g/mol. The van der Waals surface area contributed by atoms with Crippen LogP contribution in [0.4, 0.5) is 14.5 Å². The van der Waals surface area contributed by atoms with Crippen molar-refractivity contribution in [3.8, 4) is 5.69 Å². The number of amides is 1. The molecule has 0 aliphatic heterocycles. The van der Waals surface area contributed by atoms with Gasteiger partial charge in [0.2, 0.25) is 0 Å². The summed E-state index contributed by atoms with van der Waals surface area (Å²) in [5.41, 5.74) is 4.97. The molecule has 0 radical (unpaired) electrons. The molecular formula is C11H10F2N4O. The number of halogens is 2. The molecule has 1 heterocycles. The highest BCUT2D eigenvalue weighted by Gasteiger charge is 2.15. The predicted molar refractivity (Wildman–Crippen MR) is 61.3 cm³/mol. The van der Waals surface area contributed by atoms with E-state index in [1.807, 2.05) is 0 Å². The number of nitrogen functional groups attached to an aromatic ring is 1. The highest BCUT2D eigenvalue weighted by Crippen LogP contribution is 2.20. The highest BCUT2D eigenvalue weighted by atomic mass is 19.1. The number of carbonyl (C=O) groups excluding carboxylic acids is 1. The molecule has 18 heavy (non-hydrogen) atoms. The molecule has 0 atom stereocenters. The second kappa shape index (κ2) is 4.44. The average Bonchev–Trinajstić information content (AvgIpc) is 2.76. The van der Waals surface area contributed by atoms with E-state index in [-0.39, 0.29) is 17.1 Å². The standard InChI is InChI=1S/C11H10F2N4O/c1-15-11(18)9-2-3-17(16-9)10-7(12)4-6(14)5-8(10)13/h2-5H,14H2,1H3,(H,15,18). The van der Waals surface area contributed by atoms with E-state index >= 15 is 0 Å². The molecule has 0 spiro atoms. The minimum Gasteiger partial charge on any atom is -0.399 e. The van der Waals surface area contributed by atoms with Crippen LogP contribution in [-0.2, 0) is 0 Å². The Hall–Kier alpha value is -2.44. The molecule has 0 saturated carbocycles. The van der Waals surface area contributed by atoms with Crippen molar-refractivity contribution in [2.45, 2.75) is 0 Å². The van der Waals surface area contributed by atoms with Crippen LogP contribution in [0.3, 0.4) is 0 Å². The van der Waals surface area contributed by atoms with Gasteiger partial charge in [0.15, 0.2) is 17.3 Å². The second-order valence-corrected chi connectivity index (χ2v) is 3.56. The van der Waals surface area contributed by atoms with Crippen molar-refractivity contribution in [2.24, 2.45) is 0 Å². The summed E-state index contributed by atoms with van der Waals surface area (Å²) in [5.74, 6) is -2.14. The number of nitrogens with zero attached hydrogens (tertiary/aromatic N) is 2. The third kappa shape index (κ3) is 2.02. The molecule has 2 rings (SSSR count). The molecule has 0 bridgehead atoms. The molecule has 7 heteroatoms. The maximum atomic E-state index is 13.6. The molecule has 1 aromatic carbocycles. The van der Waals surface area contributed by atoms with E-state index in [0.717, 1.165) is 16.8 Å². The summed E-state index contributed by atoms with van der Waals surface area (Å²) in [7, 11) is 1.44. The van der Waals surface area contributed by atoms with Gasteiger partial charge in [0, 0.05) is 18.9 Å². The number of benzene rings is 1. The van der Waals surface area contributed by atoms with Crippen molar-refractivity contribution >= 4 is 11.6 Å². The maximum Gasteiger partial charge on any atom is 0.271 e. The van der Waals surface area contributed by atoms with Gasteiger partial charge in [-0.3, -0.25) is 4.79 Å². The zero-order chi connectivity index (χ0) is 13.3. The van der Waals surface area contributed by atoms with E-state index < -0.39 is 17.5 Å². The van der Waals surface area contributed by atoms with Crippen LogP contribution in [-0.4, -0.2) is 22.7 Å². The molecule has 0 aliphatic carbocycles. The number of hydrogen-bond donors (Lipinski definition) is 2. The second-order valence-electron chi connectivity index (χ2n) is 3.56. The first-order chi connectivity index (χ1) is 8.52. The van der Waals surface area contributed by atoms with Gasteiger partial charge in [0.25, 0.3) is 5.91 Å². The Morgan fingerprint density at radius 3 is 2.56 bits per heavy atom. The summed E-state index contributed by atoms with van der Waals surface area (Å²) in [5, 5.41) is 6.15. The molecule has 3 N–H and O–H groups in total. The van der Waals surface area contributed by atoms with E-state index in [4.69, 9.17) is 5.73 Å². The quantitative estimate of drug-likeness (QED) is 0.786. The first-order valence-corrected chi connectivity index (χ1v) is 5.05. The van der Waals surface area contributed by atoms with Crippen molar-refractivity contribution in [2.75, 3.05) is 12.8 Å². The molecule has 94 valence electrons. The number of aromatic nitrogens is 2. The van der Waals surface area contributed by atoms with Crippen molar-refractivity contribution in [1.29, 1.82) is 0 Å². The summed E-state index contributed by atoms with van der Waals surface area (Å²) in [6.45, 7) is 0. The number of nitrogens with one attached hydrogen (secondary N) is 1. The number of rotatable bonds is 2. The molecular weight excluding hydrogens is 242 g/mol. The number of hydrogen-bond acceptors (Lipinski definition) is 3. The maximum absolute atomic E-state index is 13.6. The highest BCUT2D eigenvalue weighted by molar-refractivity contribution is 5.91. The van der Waals surface area contributed by atoms with Crippen LogP contribution in [0.25, 0.3) is 5.69 Å². The fourth-order valence-electron chi connectivity index (χ4n) is 1.50. The van der Waals surface area contributed by atoms with Crippen LogP contribution in [0.2, 0.25) is 0 Å². The van der Waals surface area contributed by atoms with E-state index in [1.54, 1.807) is 0 Å². The topological polar surface area (TPSA) is 72.9 Å². The Morgan fingerprint density at radius 1 is 1.39 bits per heavy atom. The van der Waals surface area contributed by atoms with Crippen LogP contribution in [0.5, 0.6) is 0 Å². The van der Waals surface area contributed by atoms with Gasteiger partial charge in [-0.05, 0) is 18.2 Å². The van der Waals surface area contributed by atoms with Gasteiger partial charge in [-0.2, -0.15) is 5.10 Å². The third-order valence-electron chi connectivity index (χ3n) is 2.32. The molecule has 0 fully saturated rings. The van der Waals surface area contributed by atoms with E-state index in [2.05, 4.69) is 10.4 Å². The lowest BCUT2D eigenvalue weighted by Crippen LogP contribution is -2.18. The van der Waals surface area contributed by atoms with Crippen LogP contribution in [0.15, 0.2) is 24.4 Å². The number of carbonyl (C=O) groups is 1. The van der Waals surface area contributed by atoms with Gasteiger partial charge >= 0.3 is 0 Å². The number of anilines is 1. The summed E-state index contributed by atoms with van der Waals surface area (Å²) in [4.78, 5) is 11.3. The van der Waals surface area contributed by atoms with Gasteiger partial charge in [-0.1, -0.05) is 0 Å². The zero-order valence-corrected chi connectivity index (χ0v) is 9.45. The van der Waals surface area contributed by atoms with Crippen LogP contribution in [0.1, 0.15) is 10.5 Å². The van der Waals surface area contributed by atoms with Gasteiger partial charge in [-0.25, -0.2) is 13.5 Å². The summed E-state index contributed by atoms with van der Waals surface area (Å²) in [6, 6.07) is 3.33. The Balaban J connectivity index is 2.49. The van der Waals surface area contributed by atoms with Crippen LogP contribution < -0.4 is 11.1 Å². The lowest BCUT2D eigenvalue weighted by Gasteiger charge is -2.05. The number of nitrogens with two attached hydrogens (primary N) is 1. The van der Waals surface area contributed by atoms with Gasteiger partial charge < -0.3 is 11.1 Å². The van der Waals surface area contributed by atoms with E-state index in [9.17, 15) is 13.6 Å². The molecule has 2 aromatic rings. The minimum absolute atomic E-state index is 0.0209. The fraction of sp³-hybridized carbons (Fsp3) is 0.0909. The molecule has 5 nitrogen and oxygen atoms in total. The van der Waals surface area contributed by atoms with Crippen LogP contribution in [0, 0.1) is 11.6 Å². The summed E-state index contributed by atoms with van der Waals surface area (Å²) >= 11 is 0. The summed E-state index contributed by atoms with van der Waals surface area (Å²) in [6.07, 6.45) is 1.29. The first kappa shape index (κ1) is 12.0. The van der Waals surface area contributed by atoms with Gasteiger partial charge in [0.05, 0.1) is 0 Å². The fourth-order valence-corrected chi connectivity index (χ4v) is 1.50. The van der Waals surface area contributed by atoms with Crippen molar-refractivity contribution in [1.82, 2.24) is 15.1 Å². The lowest BCUT2D eigenvalue weighted by atomic mass is 10.2. The van der Waals surface area contributed by atoms with E-state index in [0.29, 0.717) is 0 Å². The Kier molecular flexibility index (Phi) is 2.97. The minimum atomic E-state index is -0.848. The monoisotopic (exact) mass is 252 g/mol. The normalized spacial score (nSPS) is 10.4. The zero-order valence-electron chi connectivity index (χ0n) is 9.45. The smallest absolute Gasteiger partial charge is 0.271 e. The van der Waals surface area contributed by atoms with Gasteiger partial charge in [-0.15, -0.1) is 0 Å². The predicted octanol–water partition coefficient (Wildman–Crippen LogP) is 1.09. The SMILES string of the molecule is CNC(=O)c1ccn(-c2c(F)cc(N)cc2F)n1. The Bertz CT molecular complexity index is 586. The van der Waals surface area contributed by atoms with Crippen LogP contribution >= 0.6 is 0 Å². The molecule has 0 aliphatic rings. The lowest BCUT2D eigenvalue weighted by molar-refractivity contribution is 0.0957. The molecule has 0 unspecified atom stereocenters.